The van der Waals surface area contributed by atoms with E-state index in [1.54, 1.807) is 24.7 Å². The molecule has 0 aromatic carbocycles. The summed E-state index contributed by atoms with van der Waals surface area (Å²) in [5.74, 6) is -1.37. The number of urea groups is 1. The second-order valence-corrected chi connectivity index (χ2v) is 6.72. The van der Waals surface area contributed by atoms with Crippen LogP contribution in [-0.4, -0.2) is 46.5 Å². The molecule has 23 heavy (non-hydrogen) atoms. The van der Waals surface area contributed by atoms with E-state index in [9.17, 15) is 18.0 Å². The summed E-state index contributed by atoms with van der Waals surface area (Å²) in [7, 11) is 1.82. The Labute approximate surface area is 133 Å². The van der Waals surface area contributed by atoms with Crippen LogP contribution in [0.3, 0.4) is 0 Å². The number of alkyl halides is 3. The van der Waals surface area contributed by atoms with Crippen molar-refractivity contribution in [2.24, 2.45) is 18.4 Å². The first kappa shape index (κ1) is 17.6. The average Bonchev–Trinajstić information content (AvgIpc) is 2.81. The van der Waals surface area contributed by atoms with Gasteiger partial charge in [0, 0.05) is 45.0 Å². The Morgan fingerprint density at radius 3 is 2.70 bits per heavy atom. The molecule has 2 heterocycles. The number of nitrogens with one attached hydrogen (secondary N) is 1. The van der Waals surface area contributed by atoms with Gasteiger partial charge in [-0.15, -0.1) is 0 Å². The Hall–Kier alpha value is -1.73. The SMILES string of the molecule is Cn1nccc1CCNC(=O)N1CC[C@H](C(F)(F)F)C(C)(C)C1. The van der Waals surface area contributed by atoms with E-state index in [0.717, 1.165) is 5.69 Å². The third-order valence-electron chi connectivity index (χ3n) is 4.49. The standard InChI is InChI=1S/C15H23F3N4O/c1-14(2)10-22(9-6-12(14)15(16,17)18)13(23)19-7-4-11-5-8-20-21(11)3/h5,8,12H,4,6-7,9-10H2,1-3H3,(H,19,23)/t12-/m0/s1. The number of hydrogen-bond donors (Lipinski definition) is 1. The number of halogens is 3. The van der Waals surface area contributed by atoms with E-state index in [4.69, 9.17) is 0 Å². The van der Waals surface area contributed by atoms with Crippen LogP contribution in [0.25, 0.3) is 0 Å². The minimum atomic E-state index is -4.22. The lowest BCUT2D eigenvalue weighted by Gasteiger charge is -2.44. The van der Waals surface area contributed by atoms with E-state index in [-0.39, 0.29) is 25.5 Å². The van der Waals surface area contributed by atoms with Crippen molar-refractivity contribution in [3.05, 3.63) is 18.0 Å². The van der Waals surface area contributed by atoms with Gasteiger partial charge in [-0.25, -0.2) is 4.79 Å². The van der Waals surface area contributed by atoms with Gasteiger partial charge in [-0.1, -0.05) is 13.8 Å². The van der Waals surface area contributed by atoms with Crippen LogP contribution >= 0.6 is 0 Å². The van der Waals surface area contributed by atoms with Gasteiger partial charge in [0.05, 0.1) is 5.92 Å². The molecule has 1 N–H and O–H groups in total. The van der Waals surface area contributed by atoms with Gasteiger partial charge in [0.25, 0.3) is 0 Å². The van der Waals surface area contributed by atoms with Crippen molar-refractivity contribution in [2.75, 3.05) is 19.6 Å². The zero-order valence-electron chi connectivity index (χ0n) is 13.7. The number of carbonyl (C=O) groups is 1. The molecule has 0 saturated carbocycles. The molecule has 2 rings (SSSR count). The van der Waals surface area contributed by atoms with Gasteiger partial charge in [0.1, 0.15) is 0 Å². The smallest absolute Gasteiger partial charge is 0.338 e. The summed E-state index contributed by atoms with van der Waals surface area (Å²) in [6.45, 7) is 3.80. The largest absolute Gasteiger partial charge is 0.392 e. The number of likely N-dealkylation sites (tertiary alicyclic amines) is 1. The molecule has 0 bridgehead atoms. The molecular weight excluding hydrogens is 309 g/mol. The van der Waals surface area contributed by atoms with E-state index < -0.39 is 17.5 Å². The molecule has 1 saturated heterocycles. The Bertz CT molecular complexity index is 553. The van der Waals surface area contributed by atoms with Crippen molar-refractivity contribution < 1.29 is 18.0 Å². The number of amides is 2. The number of aromatic nitrogens is 2. The maximum absolute atomic E-state index is 13.0. The molecule has 0 aliphatic carbocycles. The maximum Gasteiger partial charge on any atom is 0.392 e. The first-order valence-electron chi connectivity index (χ1n) is 7.67. The fourth-order valence-electron chi connectivity index (χ4n) is 3.19. The monoisotopic (exact) mass is 332 g/mol. The van der Waals surface area contributed by atoms with Gasteiger partial charge in [-0.05, 0) is 17.9 Å². The second kappa shape index (κ2) is 6.41. The molecule has 2 amide bonds. The molecule has 1 aromatic heterocycles. The van der Waals surface area contributed by atoms with Crippen LogP contribution < -0.4 is 5.32 Å². The van der Waals surface area contributed by atoms with Crippen LogP contribution in [0, 0.1) is 11.3 Å². The van der Waals surface area contributed by atoms with Gasteiger partial charge in [0.2, 0.25) is 0 Å². The van der Waals surface area contributed by atoms with Crippen molar-refractivity contribution in [3.63, 3.8) is 0 Å². The number of rotatable bonds is 3. The van der Waals surface area contributed by atoms with E-state index in [0.29, 0.717) is 13.0 Å². The summed E-state index contributed by atoms with van der Waals surface area (Å²) in [5.41, 5.74) is 0.0111. The van der Waals surface area contributed by atoms with Crippen LogP contribution in [0.4, 0.5) is 18.0 Å². The molecule has 1 aromatic rings. The first-order chi connectivity index (χ1) is 10.6. The fourth-order valence-corrected chi connectivity index (χ4v) is 3.19. The van der Waals surface area contributed by atoms with Gasteiger partial charge in [-0.3, -0.25) is 4.68 Å². The molecule has 1 fully saturated rings. The van der Waals surface area contributed by atoms with Crippen molar-refractivity contribution in [1.82, 2.24) is 20.0 Å². The Morgan fingerprint density at radius 2 is 2.17 bits per heavy atom. The van der Waals surface area contributed by atoms with E-state index in [1.165, 1.54) is 4.90 Å². The normalized spacial score (nSPS) is 21.3. The molecular formula is C15H23F3N4O. The molecule has 0 radical (unpaired) electrons. The molecule has 1 atom stereocenters. The number of hydrogen-bond acceptors (Lipinski definition) is 2. The lowest BCUT2D eigenvalue weighted by Crippen LogP contribution is -2.54. The van der Waals surface area contributed by atoms with Gasteiger partial charge >= 0.3 is 12.2 Å². The first-order valence-corrected chi connectivity index (χ1v) is 7.67. The van der Waals surface area contributed by atoms with Crippen molar-refractivity contribution in [2.45, 2.75) is 32.9 Å². The molecule has 1 aliphatic heterocycles. The Kier molecular flexibility index (Phi) is 4.91. The summed E-state index contributed by atoms with van der Waals surface area (Å²) in [6, 6.07) is 1.56. The third-order valence-corrected chi connectivity index (χ3v) is 4.49. The molecule has 130 valence electrons. The second-order valence-electron chi connectivity index (χ2n) is 6.72. The Balaban J connectivity index is 1.86. The highest BCUT2D eigenvalue weighted by atomic mass is 19.4. The summed E-state index contributed by atoms with van der Waals surface area (Å²) in [4.78, 5) is 13.6. The summed E-state index contributed by atoms with van der Waals surface area (Å²) in [6.07, 6.45) is -1.95. The summed E-state index contributed by atoms with van der Waals surface area (Å²) < 4.78 is 40.8. The van der Waals surface area contributed by atoms with Crippen molar-refractivity contribution in [1.29, 1.82) is 0 Å². The summed E-state index contributed by atoms with van der Waals surface area (Å²) in [5, 5.41) is 6.82. The molecule has 8 heteroatoms. The van der Waals surface area contributed by atoms with Crippen LogP contribution in [0.5, 0.6) is 0 Å². The van der Waals surface area contributed by atoms with E-state index in [2.05, 4.69) is 10.4 Å². The van der Waals surface area contributed by atoms with Crippen LogP contribution in [-0.2, 0) is 13.5 Å². The molecule has 0 spiro atoms. The minimum absolute atomic E-state index is 0.0499. The van der Waals surface area contributed by atoms with Gasteiger partial charge in [-0.2, -0.15) is 18.3 Å². The third kappa shape index (κ3) is 4.17. The number of aryl methyl sites for hydroxylation is 1. The molecule has 0 unspecified atom stereocenters. The highest BCUT2D eigenvalue weighted by molar-refractivity contribution is 5.74. The van der Waals surface area contributed by atoms with E-state index >= 15 is 0 Å². The summed E-state index contributed by atoms with van der Waals surface area (Å²) >= 11 is 0. The maximum atomic E-state index is 13.0. The van der Waals surface area contributed by atoms with Crippen LogP contribution in [0.15, 0.2) is 12.3 Å². The lowest BCUT2D eigenvalue weighted by molar-refractivity contribution is -0.214. The topological polar surface area (TPSA) is 50.2 Å². The fraction of sp³-hybridized carbons (Fsp3) is 0.733. The minimum Gasteiger partial charge on any atom is -0.338 e. The lowest BCUT2D eigenvalue weighted by atomic mass is 9.73. The predicted molar refractivity (Wildman–Crippen MR) is 79.8 cm³/mol. The average molecular weight is 332 g/mol. The van der Waals surface area contributed by atoms with Crippen molar-refractivity contribution in [3.8, 4) is 0 Å². The highest BCUT2D eigenvalue weighted by Gasteiger charge is 2.51. The number of carbonyl (C=O) groups excluding carboxylic acids is 1. The van der Waals surface area contributed by atoms with Crippen LogP contribution in [0.2, 0.25) is 0 Å². The van der Waals surface area contributed by atoms with Gasteiger partial charge < -0.3 is 10.2 Å². The quantitative estimate of drug-likeness (QED) is 0.925. The highest BCUT2D eigenvalue weighted by Crippen LogP contribution is 2.44. The Morgan fingerprint density at radius 1 is 1.48 bits per heavy atom. The number of nitrogens with zero attached hydrogens (tertiary/aromatic N) is 3. The number of piperidine rings is 1. The zero-order valence-corrected chi connectivity index (χ0v) is 13.7. The van der Waals surface area contributed by atoms with Crippen molar-refractivity contribution >= 4 is 6.03 Å². The predicted octanol–water partition coefficient (Wildman–Crippen LogP) is 2.58. The zero-order chi connectivity index (χ0) is 17.3. The molecule has 1 aliphatic rings. The van der Waals surface area contributed by atoms with Gasteiger partial charge in [0.15, 0.2) is 0 Å². The van der Waals surface area contributed by atoms with Crippen LogP contribution in [0.1, 0.15) is 26.0 Å². The molecule has 5 nitrogen and oxygen atoms in total. The van der Waals surface area contributed by atoms with E-state index in [1.807, 2.05) is 13.1 Å².